The van der Waals surface area contributed by atoms with Crippen LogP contribution in [-0.4, -0.2) is 26.7 Å². The molecule has 0 unspecified atom stereocenters. The van der Waals surface area contributed by atoms with Crippen molar-refractivity contribution in [2.75, 3.05) is 13.2 Å². The minimum Gasteiger partial charge on any atom is -0.396 e. The van der Waals surface area contributed by atoms with Crippen molar-refractivity contribution in [1.29, 1.82) is 0 Å². The molecule has 0 heterocycles. The molecule has 0 bridgehead atoms. The minimum atomic E-state index is -3.80. The normalized spacial score (nSPS) is 13.0. The van der Waals surface area contributed by atoms with Gasteiger partial charge in [0, 0.05) is 13.2 Å². The molecule has 0 fully saturated rings. The zero-order valence-electron chi connectivity index (χ0n) is 12.9. The van der Waals surface area contributed by atoms with Crippen molar-refractivity contribution >= 4 is 10.0 Å². The van der Waals surface area contributed by atoms with Crippen LogP contribution >= 0.6 is 0 Å². The number of rotatable bonds is 7. The van der Waals surface area contributed by atoms with E-state index in [0.717, 1.165) is 11.6 Å². The zero-order chi connectivity index (χ0) is 16.9. The first-order valence-corrected chi connectivity index (χ1v) is 8.83. The van der Waals surface area contributed by atoms with Crippen molar-refractivity contribution in [2.45, 2.75) is 24.2 Å². The highest BCUT2D eigenvalue weighted by atomic mass is 32.2. The standard InChI is InChI=1S/C17H20FNO3S/c1-13-9-16(18)11-17(10-13)23(21,22)19-12-15(7-8-20)14-5-3-2-4-6-14/h2-6,9-11,15,19-20H,7-8,12H2,1H3/t15-/m0/s1. The molecule has 2 aromatic rings. The van der Waals surface area contributed by atoms with Crippen LogP contribution in [0.15, 0.2) is 53.4 Å². The molecule has 0 radical (unpaired) electrons. The van der Waals surface area contributed by atoms with Crippen molar-refractivity contribution in [1.82, 2.24) is 4.72 Å². The van der Waals surface area contributed by atoms with E-state index in [9.17, 15) is 17.9 Å². The highest BCUT2D eigenvalue weighted by Crippen LogP contribution is 2.20. The molecule has 0 amide bonds. The van der Waals surface area contributed by atoms with Crippen LogP contribution in [0.3, 0.4) is 0 Å². The number of halogens is 1. The van der Waals surface area contributed by atoms with Crippen LogP contribution in [0, 0.1) is 12.7 Å². The quantitative estimate of drug-likeness (QED) is 0.816. The second-order valence-corrected chi connectivity index (χ2v) is 7.20. The smallest absolute Gasteiger partial charge is 0.240 e. The molecular weight excluding hydrogens is 317 g/mol. The van der Waals surface area contributed by atoms with E-state index in [1.54, 1.807) is 6.92 Å². The van der Waals surface area contributed by atoms with Gasteiger partial charge in [0.15, 0.2) is 0 Å². The molecule has 4 nitrogen and oxygen atoms in total. The lowest BCUT2D eigenvalue weighted by Gasteiger charge is -2.17. The molecule has 0 saturated heterocycles. The van der Waals surface area contributed by atoms with Gasteiger partial charge in [0.25, 0.3) is 0 Å². The summed E-state index contributed by atoms with van der Waals surface area (Å²) in [6.07, 6.45) is 0.439. The number of aliphatic hydroxyl groups is 1. The molecule has 0 aliphatic rings. The maximum atomic E-state index is 13.4. The fourth-order valence-electron chi connectivity index (χ4n) is 2.42. The topological polar surface area (TPSA) is 66.4 Å². The lowest BCUT2D eigenvalue weighted by atomic mass is 9.96. The Bertz CT molecular complexity index is 727. The third-order valence-electron chi connectivity index (χ3n) is 3.59. The lowest BCUT2D eigenvalue weighted by molar-refractivity contribution is 0.275. The van der Waals surface area contributed by atoms with E-state index < -0.39 is 15.8 Å². The van der Waals surface area contributed by atoms with E-state index in [4.69, 9.17) is 0 Å². The minimum absolute atomic E-state index is 0.0413. The first-order valence-electron chi connectivity index (χ1n) is 7.35. The molecule has 23 heavy (non-hydrogen) atoms. The van der Waals surface area contributed by atoms with Crippen molar-refractivity contribution in [3.8, 4) is 0 Å². The molecule has 6 heteroatoms. The Morgan fingerprint density at radius 3 is 2.48 bits per heavy atom. The number of hydrogen-bond donors (Lipinski definition) is 2. The van der Waals surface area contributed by atoms with Crippen molar-refractivity contribution in [3.05, 3.63) is 65.5 Å². The fourth-order valence-corrected chi connectivity index (χ4v) is 3.62. The summed E-state index contributed by atoms with van der Waals surface area (Å²) in [5.41, 5.74) is 1.49. The maximum absolute atomic E-state index is 13.4. The first-order chi connectivity index (χ1) is 10.9. The summed E-state index contributed by atoms with van der Waals surface area (Å²) in [5, 5.41) is 9.19. The Labute approximate surface area is 136 Å². The molecule has 0 aliphatic carbocycles. The van der Waals surface area contributed by atoms with E-state index in [-0.39, 0.29) is 24.0 Å². The van der Waals surface area contributed by atoms with E-state index >= 15 is 0 Å². The zero-order valence-corrected chi connectivity index (χ0v) is 13.7. The van der Waals surface area contributed by atoms with E-state index in [1.165, 1.54) is 12.1 Å². The summed E-state index contributed by atoms with van der Waals surface area (Å²) in [5.74, 6) is -0.731. The molecule has 0 spiro atoms. The Hall–Kier alpha value is -1.76. The second kappa shape index (κ2) is 7.68. The van der Waals surface area contributed by atoms with Gasteiger partial charge in [-0.1, -0.05) is 30.3 Å². The van der Waals surface area contributed by atoms with Gasteiger partial charge in [-0.3, -0.25) is 0 Å². The van der Waals surface area contributed by atoms with Gasteiger partial charge in [0.05, 0.1) is 4.90 Å². The van der Waals surface area contributed by atoms with Crippen molar-refractivity contribution in [3.63, 3.8) is 0 Å². The summed E-state index contributed by atoms with van der Waals surface area (Å²) in [4.78, 5) is -0.0918. The van der Waals surface area contributed by atoms with Gasteiger partial charge < -0.3 is 5.11 Å². The van der Waals surface area contributed by atoms with Crippen LogP contribution in [0.25, 0.3) is 0 Å². The highest BCUT2D eigenvalue weighted by Gasteiger charge is 2.19. The van der Waals surface area contributed by atoms with Gasteiger partial charge in [-0.2, -0.15) is 0 Å². The SMILES string of the molecule is Cc1cc(F)cc(S(=O)(=O)NC[C@H](CCO)c2ccccc2)c1. The van der Waals surface area contributed by atoms with Crippen LogP contribution in [0.1, 0.15) is 23.5 Å². The molecule has 2 rings (SSSR count). The molecular formula is C17H20FNO3S. The first kappa shape index (κ1) is 17.6. The molecule has 124 valence electrons. The third kappa shape index (κ3) is 4.86. The fraction of sp³-hybridized carbons (Fsp3) is 0.294. The monoisotopic (exact) mass is 337 g/mol. The van der Waals surface area contributed by atoms with E-state index in [1.807, 2.05) is 30.3 Å². The van der Waals surface area contributed by atoms with Gasteiger partial charge in [0.1, 0.15) is 5.82 Å². The lowest BCUT2D eigenvalue weighted by Crippen LogP contribution is -2.29. The van der Waals surface area contributed by atoms with Crippen LogP contribution in [0.5, 0.6) is 0 Å². The maximum Gasteiger partial charge on any atom is 0.240 e. The van der Waals surface area contributed by atoms with E-state index in [2.05, 4.69) is 4.72 Å². The number of benzene rings is 2. The van der Waals surface area contributed by atoms with Crippen LogP contribution in [0.4, 0.5) is 4.39 Å². The highest BCUT2D eigenvalue weighted by molar-refractivity contribution is 7.89. The van der Waals surface area contributed by atoms with Crippen LogP contribution in [0.2, 0.25) is 0 Å². The van der Waals surface area contributed by atoms with Gasteiger partial charge in [-0.05, 0) is 48.6 Å². The molecule has 2 aromatic carbocycles. The van der Waals surface area contributed by atoms with Gasteiger partial charge in [-0.25, -0.2) is 17.5 Å². The second-order valence-electron chi connectivity index (χ2n) is 5.44. The third-order valence-corrected chi connectivity index (χ3v) is 5.00. The van der Waals surface area contributed by atoms with E-state index in [0.29, 0.717) is 12.0 Å². The molecule has 0 aromatic heterocycles. The number of hydrogen-bond acceptors (Lipinski definition) is 3. The molecule has 1 atom stereocenters. The average Bonchev–Trinajstić information content (AvgIpc) is 2.51. The number of sulfonamides is 1. The van der Waals surface area contributed by atoms with Crippen LogP contribution < -0.4 is 4.72 Å². The largest absolute Gasteiger partial charge is 0.396 e. The van der Waals surface area contributed by atoms with Crippen molar-refractivity contribution < 1.29 is 17.9 Å². The predicted molar refractivity (Wildman–Crippen MR) is 87.2 cm³/mol. The van der Waals surface area contributed by atoms with Gasteiger partial charge in [-0.15, -0.1) is 0 Å². The predicted octanol–water partition coefficient (Wildman–Crippen LogP) is 2.58. The Kier molecular flexibility index (Phi) is 5.87. The van der Waals surface area contributed by atoms with Gasteiger partial charge >= 0.3 is 0 Å². The Morgan fingerprint density at radius 2 is 1.87 bits per heavy atom. The number of aliphatic hydroxyl groups excluding tert-OH is 1. The summed E-state index contributed by atoms with van der Waals surface area (Å²) in [7, 11) is -3.80. The number of aryl methyl sites for hydroxylation is 1. The summed E-state index contributed by atoms with van der Waals surface area (Å²) in [6.45, 7) is 1.74. The summed E-state index contributed by atoms with van der Waals surface area (Å²) >= 11 is 0. The molecule has 0 saturated carbocycles. The molecule has 0 aliphatic heterocycles. The average molecular weight is 337 g/mol. The summed E-state index contributed by atoms with van der Waals surface area (Å²) < 4.78 is 40.6. The van der Waals surface area contributed by atoms with Crippen LogP contribution in [-0.2, 0) is 10.0 Å². The Balaban J connectivity index is 2.16. The molecule has 2 N–H and O–H groups in total. The summed E-state index contributed by atoms with van der Waals surface area (Å²) in [6, 6.07) is 13.1. The van der Waals surface area contributed by atoms with Gasteiger partial charge in [0.2, 0.25) is 10.0 Å². The van der Waals surface area contributed by atoms with Crippen molar-refractivity contribution in [2.24, 2.45) is 0 Å². The Morgan fingerprint density at radius 1 is 1.17 bits per heavy atom. The number of nitrogens with one attached hydrogen (secondary N) is 1.